The molecule has 24 heavy (non-hydrogen) atoms. The van der Waals surface area contributed by atoms with Crippen molar-refractivity contribution in [1.29, 1.82) is 0 Å². The van der Waals surface area contributed by atoms with Crippen molar-refractivity contribution in [3.63, 3.8) is 0 Å². The first-order valence-corrected chi connectivity index (χ1v) is 9.66. The molecule has 0 aromatic carbocycles. The monoisotopic (exact) mass is 344 g/mol. The lowest BCUT2D eigenvalue weighted by atomic mass is 10.1. The maximum atomic E-state index is 13.0. The summed E-state index contributed by atoms with van der Waals surface area (Å²) in [5.41, 5.74) is 1.24. The summed E-state index contributed by atoms with van der Waals surface area (Å²) in [6.45, 7) is 2.43. The molecule has 0 saturated carbocycles. The van der Waals surface area contributed by atoms with Crippen molar-refractivity contribution in [3.05, 3.63) is 40.3 Å². The first kappa shape index (κ1) is 15.8. The maximum Gasteiger partial charge on any atom is 0.237 e. The number of likely N-dealkylation sites (tertiary alicyclic amines) is 2. The van der Waals surface area contributed by atoms with Gasteiger partial charge in [-0.1, -0.05) is 6.07 Å². The van der Waals surface area contributed by atoms with Crippen LogP contribution in [0.25, 0.3) is 0 Å². The minimum Gasteiger partial charge on any atom is -0.334 e. The molecule has 2 aliphatic rings. The Balaban J connectivity index is 1.45. The van der Waals surface area contributed by atoms with E-state index in [1.807, 2.05) is 17.9 Å². The number of carbonyl (C=O) groups is 1. The number of aryl methyl sites for hydroxylation is 1. The summed E-state index contributed by atoms with van der Waals surface area (Å²) >= 11 is 1.77. The fraction of sp³-hybridized carbons (Fsp3) is 0.556. The minimum absolute atomic E-state index is 0.279. The normalized spacial score (nSPS) is 24.8. The summed E-state index contributed by atoms with van der Waals surface area (Å²) in [4.78, 5) is 18.7. The zero-order valence-corrected chi connectivity index (χ0v) is 14.9. The third kappa shape index (κ3) is 3.00. The first-order chi connectivity index (χ1) is 11.7. The topological polar surface area (TPSA) is 41.4 Å². The number of nitrogens with zero attached hydrogens (tertiary/aromatic N) is 4. The van der Waals surface area contributed by atoms with E-state index in [0.717, 1.165) is 38.8 Å². The molecule has 6 heteroatoms. The van der Waals surface area contributed by atoms with Gasteiger partial charge in [-0.05, 0) is 43.7 Å². The smallest absolute Gasteiger partial charge is 0.237 e. The van der Waals surface area contributed by atoms with Crippen LogP contribution in [0.3, 0.4) is 0 Å². The summed E-state index contributed by atoms with van der Waals surface area (Å²) in [7, 11) is 1.95. The van der Waals surface area contributed by atoms with E-state index >= 15 is 0 Å². The van der Waals surface area contributed by atoms with Crippen LogP contribution in [0, 0.1) is 0 Å². The van der Waals surface area contributed by atoms with Crippen LogP contribution in [0.15, 0.2) is 29.9 Å². The van der Waals surface area contributed by atoms with Crippen LogP contribution in [0.4, 0.5) is 0 Å². The highest BCUT2D eigenvalue weighted by Crippen LogP contribution is 2.36. The average Bonchev–Trinajstić information content (AvgIpc) is 3.34. The Bertz CT molecular complexity index is 696. The Kier molecular flexibility index (Phi) is 4.41. The number of rotatable bonds is 4. The van der Waals surface area contributed by atoms with E-state index in [2.05, 4.69) is 38.6 Å². The first-order valence-electron chi connectivity index (χ1n) is 8.78. The Morgan fingerprint density at radius 2 is 2.12 bits per heavy atom. The van der Waals surface area contributed by atoms with Crippen molar-refractivity contribution >= 4 is 17.2 Å². The predicted octanol–water partition coefficient (Wildman–Crippen LogP) is 2.98. The van der Waals surface area contributed by atoms with Gasteiger partial charge in [0.1, 0.15) is 0 Å². The molecule has 1 amide bonds. The molecule has 2 saturated heterocycles. The molecule has 0 bridgehead atoms. The van der Waals surface area contributed by atoms with Gasteiger partial charge in [0.05, 0.1) is 18.8 Å². The minimum atomic E-state index is 0.279. The molecule has 2 aromatic heterocycles. The van der Waals surface area contributed by atoms with Gasteiger partial charge in [-0.2, -0.15) is 5.10 Å². The number of aromatic nitrogens is 2. The summed E-state index contributed by atoms with van der Waals surface area (Å²) in [5.74, 6) is 0.279. The second-order valence-electron chi connectivity index (χ2n) is 6.84. The van der Waals surface area contributed by atoms with E-state index in [4.69, 9.17) is 0 Å². The van der Waals surface area contributed by atoms with Crippen LogP contribution in [0.2, 0.25) is 0 Å². The Labute approximate surface area is 146 Å². The van der Waals surface area contributed by atoms with Gasteiger partial charge < -0.3 is 4.90 Å². The summed E-state index contributed by atoms with van der Waals surface area (Å²) in [5, 5.41) is 6.40. The second kappa shape index (κ2) is 6.69. The maximum absolute atomic E-state index is 13.0. The number of hydrogen-bond acceptors (Lipinski definition) is 4. The van der Waals surface area contributed by atoms with Crippen LogP contribution < -0.4 is 0 Å². The highest BCUT2D eigenvalue weighted by Gasteiger charge is 2.34. The SMILES string of the molecule is Cn1cc([C@H]2CCCN2CC(=O)N2CCC[C@@H]2c2cccs2)cn1. The lowest BCUT2D eigenvalue weighted by Crippen LogP contribution is -2.39. The molecule has 4 rings (SSSR count). The molecule has 0 spiro atoms. The van der Waals surface area contributed by atoms with Gasteiger partial charge in [0.15, 0.2) is 0 Å². The number of hydrogen-bond donors (Lipinski definition) is 0. The molecule has 128 valence electrons. The lowest BCUT2D eigenvalue weighted by Gasteiger charge is -2.29. The highest BCUT2D eigenvalue weighted by atomic mass is 32.1. The molecular formula is C18H24N4OS. The van der Waals surface area contributed by atoms with Gasteiger partial charge in [0.25, 0.3) is 0 Å². The van der Waals surface area contributed by atoms with E-state index in [-0.39, 0.29) is 11.9 Å². The van der Waals surface area contributed by atoms with Gasteiger partial charge in [-0.3, -0.25) is 14.4 Å². The molecule has 0 radical (unpaired) electrons. The predicted molar refractivity (Wildman–Crippen MR) is 94.8 cm³/mol. The van der Waals surface area contributed by atoms with E-state index in [9.17, 15) is 4.79 Å². The van der Waals surface area contributed by atoms with Gasteiger partial charge >= 0.3 is 0 Å². The Morgan fingerprint density at radius 3 is 2.88 bits per heavy atom. The molecule has 4 heterocycles. The zero-order chi connectivity index (χ0) is 16.5. The highest BCUT2D eigenvalue weighted by molar-refractivity contribution is 7.10. The fourth-order valence-corrected chi connectivity index (χ4v) is 4.99. The molecule has 0 aliphatic carbocycles. The molecule has 5 nitrogen and oxygen atoms in total. The summed E-state index contributed by atoms with van der Waals surface area (Å²) in [6.07, 6.45) is 8.50. The van der Waals surface area contributed by atoms with Crippen molar-refractivity contribution in [2.24, 2.45) is 7.05 Å². The standard InChI is InChI=1S/C18H24N4OS/c1-20-12-14(11-19-20)15-5-2-8-21(15)13-18(23)22-9-3-6-16(22)17-7-4-10-24-17/h4,7,10-12,15-16H,2-3,5-6,8-9,13H2,1H3/t15-,16-/m1/s1. The van der Waals surface area contributed by atoms with Crippen molar-refractivity contribution in [2.45, 2.75) is 37.8 Å². The average molecular weight is 344 g/mol. The van der Waals surface area contributed by atoms with Gasteiger partial charge in [-0.15, -0.1) is 11.3 Å². The molecular weight excluding hydrogens is 320 g/mol. The number of carbonyl (C=O) groups excluding carboxylic acids is 1. The van der Waals surface area contributed by atoms with Gasteiger partial charge in [-0.25, -0.2) is 0 Å². The van der Waals surface area contributed by atoms with Gasteiger partial charge in [0, 0.05) is 36.3 Å². The summed E-state index contributed by atoms with van der Waals surface area (Å²) < 4.78 is 1.85. The Morgan fingerprint density at radius 1 is 1.29 bits per heavy atom. The van der Waals surface area contributed by atoms with E-state index in [0.29, 0.717) is 12.6 Å². The van der Waals surface area contributed by atoms with E-state index in [1.54, 1.807) is 11.3 Å². The molecule has 2 aromatic rings. The molecule has 0 N–H and O–H groups in total. The van der Waals surface area contributed by atoms with Crippen molar-refractivity contribution in [3.8, 4) is 0 Å². The van der Waals surface area contributed by atoms with Crippen molar-refractivity contribution in [2.75, 3.05) is 19.6 Å². The van der Waals surface area contributed by atoms with Crippen LogP contribution in [0.1, 0.15) is 48.2 Å². The quantitative estimate of drug-likeness (QED) is 0.856. The Hall–Kier alpha value is -1.66. The molecule has 2 fully saturated rings. The summed E-state index contributed by atoms with van der Waals surface area (Å²) in [6, 6.07) is 4.87. The fourth-order valence-electron chi connectivity index (χ4n) is 4.11. The third-order valence-electron chi connectivity index (χ3n) is 5.26. The lowest BCUT2D eigenvalue weighted by molar-refractivity contribution is -0.133. The van der Waals surface area contributed by atoms with Crippen LogP contribution in [0.5, 0.6) is 0 Å². The number of thiophene rings is 1. The molecule has 2 atom stereocenters. The molecule has 0 unspecified atom stereocenters. The van der Waals surface area contributed by atoms with Crippen LogP contribution >= 0.6 is 11.3 Å². The van der Waals surface area contributed by atoms with E-state index in [1.165, 1.54) is 10.4 Å². The van der Waals surface area contributed by atoms with Crippen molar-refractivity contribution < 1.29 is 4.79 Å². The third-order valence-corrected chi connectivity index (χ3v) is 6.23. The molecule has 2 aliphatic heterocycles. The van der Waals surface area contributed by atoms with Crippen LogP contribution in [-0.2, 0) is 11.8 Å². The number of amides is 1. The second-order valence-corrected chi connectivity index (χ2v) is 7.82. The van der Waals surface area contributed by atoms with Gasteiger partial charge in [0.2, 0.25) is 5.91 Å². The van der Waals surface area contributed by atoms with Crippen molar-refractivity contribution in [1.82, 2.24) is 19.6 Å². The largest absolute Gasteiger partial charge is 0.334 e. The van der Waals surface area contributed by atoms with Crippen LogP contribution in [-0.4, -0.2) is 45.1 Å². The zero-order valence-electron chi connectivity index (χ0n) is 14.1. The van der Waals surface area contributed by atoms with E-state index < -0.39 is 0 Å².